The standard InChI is InChI=1S/C17H22N2O4S.ClH/c1-2-23-17(22)13(18)11-24-14-10-15(20)19(16(14)21)9-8-12-6-4-3-5-7-12;/h3-7,13-14H,2,8-11,18H2,1H3;1H/p-1. The number of ether oxygens (including phenoxy) is 1. The number of esters is 1. The Morgan fingerprint density at radius 3 is 2.68 bits per heavy atom. The molecule has 1 fully saturated rings. The van der Waals surface area contributed by atoms with Crippen LogP contribution in [0.25, 0.3) is 0 Å². The third-order valence-electron chi connectivity index (χ3n) is 3.74. The van der Waals surface area contributed by atoms with E-state index in [0.717, 1.165) is 5.56 Å². The molecule has 0 radical (unpaired) electrons. The molecular weight excluding hydrogens is 364 g/mol. The molecule has 138 valence electrons. The number of likely N-dealkylation sites (tertiary alicyclic amines) is 1. The summed E-state index contributed by atoms with van der Waals surface area (Å²) in [4.78, 5) is 37.2. The summed E-state index contributed by atoms with van der Waals surface area (Å²) >= 11 is 1.25. The lowest BCUT2D eigenvalue weighted by Crippen LogP contribution is -3.00. The molecule has 2 atom stereocenters. The van der Waals surface area contributed by atoms with Gasteiger partial charge in [0.05, 0.1) is 11.9 Å². The Labute approximate surface area is 157 Å². The summed E-state index contributed by atoms with van der Waals surface area (Å²) in [5, 5.41) is -0.464. The largest absolute Gasteiger partial charge is 1.00 e. The molecule has 6 nitrogen and oxygen atoms in total. The third kappa shape index (κ3) is 6.02. The van der Waals surface area contributed by atoms with E-state index in [4.69, 9.17) is 10.5 Å². The average Bonchev–Trinajstić information content (AvgIpc) is 2.85. The number of carbonyl (C=O) groups is 3. The van der Waals surface area contributed by atoms with Crippen LogP contribution in [0.5, 0.6) is 0 Å². The zero-order valence-corrected chi connectivity index (χ0v) is 15.6. The van der Waals surface area contributed by atoms with Crippen LogP contribution in [-0.2, 0) is 25.5 Å². The first-order chi connectivity index (χ1) is 11.5. The fourth-order valence-electron chi connectivity index (χ4n) is 2.44. The molecule has 8 heteroatoms. The summed E-state index contributed by atoms with van der Waals surface area (Å²) in [6, 6.07) is 8.94. The van der Waals surface area contributed by atoms with Gasteiger partial charge < -0.3 is 22.9 Å². The zero-order valence-electron chi connectivity index (χ0n) is 14.0. The summed E-state index contributed by atoms with van der Waals surface area (Å²) in [5.74, 6) is -0.590. The van der Waals surface area contributed by atoms with Crippen molar-refractivity contribution in [1.29, 1.82) is 0 Å². The highest BCUT2D eigenvalue weighted by Gasteiger charge is 2.38. The minimum atomic E-state index is -0.781. The number of hydrogen-bond acceptors (Lipinski definition) is 6. The lowest BCUT2D eigenvalue weighted by molar-refractivity contribution is -0.144. The lowest BCUT2D eigenvalue weighted by Gasteiger charge is -2.15. The number of hydrogen-bond donors (Lipinski definition) is 1. The van der Waals surface area contributed by atoms with Gasteiger partial charge in [0.1, 0.15) is 6.04 Å². The number of amides is 2. The topological polar surface area (TPSA) is 89.7 Å². The molecule has 0 spiro atoms. The Bertz CT molecular complexity index is 600. The molecule has 1 aromatic rings. The van der Waals surface area contributed by atoms with E-state index in [2.05, 4.69) is 0 Å². The van der Waals surface area contributed by atoms with Crippen molar-refractivity contribution in [3.8, 4) is 0 Å². The number of benzene rings is 1. The Hall–Kier alpha value is -1.57. The first-order valence-corrected chi connectivity index (χ1v) is 8.99. The van der Waals surface area contributed by atoms with E-state index >= 15 is 0 Å². The quantitative estimate of drug-likeness (QED) is 0.410. The fraction of sp³-hybridized carbons (Fsp3) is 0.471. The van der Waals surface area contributed by atoms with Gasteiger partial charge in [-0.2, -0.15) is 0 Å². The highest BCUT2D eigenvalue weighted by molar-refractivity contribution is 8.00. The number of nitrogens with zero attached hydrogens (tertiary/aromatic N) is 1. The molecule has 0 aliphatic carbocycles. The number of halogens is 1. The van der Waals surface area contributed by atoms with Crippen LogP contribution in [0.1, 0.15) is 18.9 Å². The van der Waals surface area contributed by atoms with Crippen molar-refractivity contribution in [3.63, 3.8) is 0 Å². The number of thioether (sulfide) groups is 1. The zero-order chi connectivity index (χ0) is 17.5. The number of rotatable bonds is 8. The van der Waals surface area contributed by atoms with Gasteiger partial charge in [-0.15, -0.1) is 11.8 Å². The van der Waals surface area contributed by atoms with E-state index in [1.165, 1.54) is 16.7 Å². The first-order valence-electron chi connectivity index (χ1n) is 7.95. The van der Waals surface area contributed by atoms with Crippen LogP contribution in [0.15, 0.2) is 30.3 Å². The maximum atomic E-state index is 12.4. The second-order valence-electron chi connectivity index (χ2n) is 5.50. The van der Waals surface area contributed by atoms with Crippen LogP contribution in [0.2, 0.25) is 0 Å². The fourth-order valence-corrected chi connectivity index (χ4v) is 3.55. The molecule has 1 heterocycles. The van der Waals surface area contributed by atoms with E-state index < -0.39 is 17.3 Å². The molecule has 1 aliphatic rings. The van der Waals surface area contributed by atoms with Gasteiger partial charge in [-0.3, -0.25) is 19.3 Å². The molecule has 2 N–H and O–H groups in total. The molecule has 1 aromatic carbocycles. The molecule has 0 saturated carbocycles. The number of nitrogens with two attached hydrogens (primary N) is 1. The van der Waals surface area contributed by atoms with Crippen molar-refractivity contribution >= 4 is 29.5 Å². The second kappa shape index (κ2) is 10.4. The summed E-state index contributed by atoms with van der Waals surface area (Å²) < 4.78 is 4.84. The van der Waals surface area contributed by atoms with Crippen LogP contribution < -0.4 is 18.1 Å². The van der Waals surface area contributed by atoms with Crippen LogP contribution >= 0.6 is 11.8 Å². The van der Waals surface area contributed by atoms with Crippen molar-refractivity contribution in [3.05, 3.63) is 35.9 Å². The van der Waals surface area contributed by atoms with Crippen molar-refractivity contribution < 1.29 is 31.5 Å². The van der Waals surface area contributed by atoms with E-state index in [-0.39, 0.29) is 43.0 Å². The predicted molar refractivity (Wildman–Crippen MR) is 92.3 cm³/mol. The van der Waals surface area contributed by atoms with Gasteiger partial charge in [-0.1, -0.05) is 30.3 Å². The number of imide groups is 1. The Balaban J connectivity index is 0.00000312. The van der Waals surface area contributed by atoms with Crippen molar-refractivity contribution in [2.45, 2.75) is 31.1 Å². The van der Waals surface area contributed by atoms with Crippen molar-refractivity contribution in [2.75, 3.05) is 18.9 Å². The molecule has 0 aromatic heterocycles. The molecule has 2 rings (SSSR count). The minimum absolute atomic E-state index is 0. The molecule has 25 heavy (non-hydrogen) atoms. The van der Waals surface area contributed by atoms with Crippen LogP contribution in [0.4, 0.5) is 0 Å². The monoisotopic (exact) mass is 385 g/mol. The van der Waals surface area contributed by atoms with Crippen LogP contribution in [-0.4, -0.2) is 52.9 Å². The third-order valence-corrected chi connectivity index (χ3v) is 5.06. The molecule has 0 bridgehead atoms. The summed E-state index contributed by atoms with van der Waals surface area (Å²) in [5.41, 5.74) is 6.81. The number of carbonyl (C=O) groups excluding carboxylic acids is 3. The maximum absolute atomic E-state index is 12.4. The lowest BCUT2D eigenvalue weighted by atomic mass is 10.1. The Morgan fingerprint density at radius 1 is 1.36 bits per heavy atom. The second-order valence-corrected chi connectivity index (χ2v) is 6.74. The molecule has 1 aliphatic heterocycles. The van der Waals surface area contributed by atoms with Gasteiger partial charge in [-0.05, 0) is 18.9 Å². The van der Waals surface area contributed by atoms with E-state index in [0.29, 0.717) is 13.0 Å². The first kappa shape index (κ1) is 21.5. The van der Waals surface area contributed by atoms with E-state index in [1.807, 2.05) is 30.3 Å². The van der Waals surface area contributed by atoms with E-state index in [9.17, 15) is 14.4 Å². The predicted octanol–water partition coefficient (Wildman–Crippen LogP) is -2.02. The molecule has 2 amide bonds. The average molecular weight is 386 g/mol. The van der Waals surface area contributed by atoms with Gasteiger partial charge >= 0.3 is 5.97 Å². The minimum Gasteiger partial charge on any atom is -1.00 e. The molecular formula is C17H22ClN2O4S-. The highest BCUT2D eigenvalue weighted by atomic mass is 35.5. The van der Waals surface area contributed by atoms with Gasteiger partial charge in [0.2, 0.25) is 11.8 Å². The Morgan fingerprint density at radius 2 is 2.04 bits per heavy atom. The maximum Gasteiger partial charge on any atom is 0.323 e. The summed E-state index contributed by atoms with van der Waals surface area (Å²) in [6.07, 6.45) is 0.798. The normalized spacial score (nSPS) is 18.0. The van der Waals surface area contributed by atoms with Crippen LogP contribution in [0, 0.1) is 0 Å². The highest BCUT2D eigenvalue weighted by Crippen LogP contribution is 2.25. The SMILES string of the molecule is CCOC(=O)C(N)CSC1CC(=O)N(CCc2ccccc2)C1=O.[Cl-]. The smallest absolute Gasteiger partial charge is 0.323 e. The van der Waals surface area contributed by atoms with Crippen molar-refractivity contribution in [2.24, 2.45) is 5.73 Å². The molecule has 2 unspecified atom stereocenters. The van der Waals surface area contributed by atoms with Crippen molar-refractivity contribution in [1.82, 2.24) is 4.90 Å². The summed E-state index contributed by atoms with van der Waals surface area (Å²) in [7, 11) is 0. The summed E-state index contributed by atoms with van der Waals surface area (Å²) in [6.45, 7) is 2.36. The van der Waals surface area contributed by atoms with Crippen LogP contribution in [0.3, 0.4) is 0 Å². The van der Waals surface area contributed by atoms with Gasteiger partial charge in [-0.25, -0.2) is 0 Å². The van der Waals surface area contributed by atoms with Gasteiger partial charge in [0, 0.05) is 18.7 Å². The van der Waals surface area contributed by atoms with Gasteiger partial charge in [0.15, 0.2) is 0 Å². The molecule has 1 saturated heterocycles. The van der Waals surface area contributed by atoms with Gasteiger partial charge in [0.25, 0.3) is 0 Å². The Kier molecular flexibility index (Phi) is 8.96. The van der Waals surface area contributed by atoms with E-state index in [1.54, 1.807) is 6.92 Å².